The molecule has 1 saturated heterocycles. The van der Waals surface area contributed by atoms with E-state index in [-0.39, 0.29) is 4.90 Å². The summed E-state index contributed by atoms with van der Waals surface area (Å²) in [5, 5.41) is 0. The largest absolute Gasteiger partial charge is 0.379 e. The molecule has 7 nitrogen and oxygen atoms in total. The van der Waals surface area contributed by atoms with Crippen molar-refractivity contribution in [2.75, 3.05) is 39.4 Å². The highest BCUT2D eigenvalue weighted by Gasteiger charge is 2.16. The number of rotatable bonds is 5. The number of hydrogen-bond acceptors (Lipinski definition) is 5. The number of morpholine rings is 1. The number of nitrogens with one attached hydrogen (secondary N) is 2. The van der Waals surface area contributed by atoms with Gasteiger partial charge in [-0.25, -0.2) is 18.1 Å². The number of imidazole rings is 1. The summed E-state index contributed by atoms with van der Waals surface area (Å²) in [6.07, 6.45) is 0. The summed E-state index contributed by atoms with van der Waals surface area (Å²) < 4.78 is 32.6. The third-order valence-electron chi connectivity index (χ3n) is 3.71. The number of aromatic nitrogens is 2. The molecule has 0 spiro atoms. The highest BCUT2D eigenvalue weighted by atomic mass is 32.2. The first-order chi connectivity index (χ1) is 10.5. The van der Waals surface area contributed by atoms with Crippen LogP contribution in [0.5, 0.6) is 0 Å². The van der Waals surface area contributed by atoms with Crippen molar-refractivity contribution < 1.29 is 13.2 Å². The molecule has 1 aliphatic heterocycles. The maximum absolute atomic E-state index is 12.3. The van der Waals surface area contributed by atoms with Crippen LogP contribution in [0.15, 0.2) is 23.1 Å². The number of ether oxygens (including phenoxy) is 1. The quantitative estimate of drug-likeness (QED) is 0.835. The van der Waals surface area contributed by atoms with Gasteiger partial charge in [-0.15, -0.1) is 0 Å². The first-order valence-electron chi connectivity index (χ1n) is 7.31. The Morgan fingerprint density at radius 1 is 1.36 bits per heavy atom. The Morgan fingerprint density at radius 3 is 2.91 bits per heavy atom. The van der Waals surface area contributed by atoms with Gasteiger partial charge < -0.3 is 9.72 Å². The summed E-state index contributed by atoms with van der Waals surface area (Å²) in [6.45, 7) is 6.04. The van der Waals surface area contributed by atoms with Crippen molar-refractivity contribution in [1.29, 1.82) is 0 Å². The molecule has 2 N–H and O–H groups in total. The lowest BCUT2D eigenvalue weighted by Crippen LogP contribution is -2.41. The third kappa shape index (κ3) is 3.46. The van der Waals surface area contributed by atoms with E-state index in [0.717, 1.165) is 29.9 Å². The molecule has 0 unspecified atom stereocenters. The minimum atomic E-state index is -3.50. The van der Waals surface area contributed by atoms with Crippen LogP contribution in [0.2, 0.25) is 0 Å². The van der Waals surface area contributed by atoms with Crippen molar-refractivity contribution >= 4 is 21.1 Å². The van der Waals surface area contributed by atoms with Gasteiger partial charge in [0.2, 0.25) is 10.0 Å². The van der Waals surface area contributed by atoms with Gasteiger partial charge in [-0.2, -0.15) is 0 Å². The van der Waals surface area contributed by atoms with Crippen LogP contribution in [0, 0.1) is 6.92 Å². The van der Waals surface area contributed by atoms with E-state index in [1.807, 2.05) is 6.92 Å². The van der Waals surface area contributed by atoms with E-state index in [1.165, 1.54) is 0 Å². The molecule has 0 saturated carbocycles. The molecular weight excluding hydrogens is 304 g/mol. The zero-order valence-electron chi connectivity index (χ0n) is 12.5. The number of H-pyrrole nitrogens is 1. The van der Waals surface area contributed by atoms with Crippen LogP contribution in [0.4, 0.5) is 0 Å². The van der Waals surface area contributed by atoms with Gasteiger partial charge >= 0.3 is 0 Å². The van der Waals surface area contributed by atoms with Crippen molar-refractivity contribution in [1.82, 2.24) is 19.6 Å². The van der Waals surface area contributed by atoms with E-state index in [1.54, 1.807) is 18.2 Å². The fraction of sp³-hybridized carbons (Fsp3) is 0.500. The molecule has 2 heterocycles. The topological polar surface area (TPSA) is 87.3 Å². The number of fused-ring (bicyclic) bond motifs is 1. The van der Waals surface area contributed by atoms with Crippen molar-refractivity contribution in [3.63, 3.8) is 0 Å². The normalized spacial score (nSPS) is 17.1. The molecule has 1 aliphatic rings. The Hall–Kier alpha value is -1.48. The van der Waals surface area contributed by atoms with Crippen LogP contribution in [-0.4, -0.2) is 62.7 Å². The van der Waals surface area contributed by atoms with Gasteiger partial charge in [-0.05, 0) is 25.1 Å². The maximum Gasteiger partial charge on any atom is 0.240 e. The molecule has 0 radical (unpaired) electrons. The molecule has 0 aliphatic carbocycles. The molecule has 2 aromatic rings. The van der Waals surface area contributed by atoms with E-state index in [0.29, 0.717) is 26.3 Å². The summed E-state index contributed by atoms with van der Waals surface area (Å²) in [6, 6.07) is 4.92. The fourth-order valence-electron chi connectivity index (χ4n) is 2.53. The molecule has 22 heavy (non-hydrogen) atoms. The van der Waals surface area contributed by atoms with Gasteiger partial charge in [0.1, 0.15) is 5.82 Å². The highest BCUT2D eigenvalue weighted by molar-refractivity contribution is 7.89. The van der Waals surface area contributed by atoms with Gasteiger partial charge in [0, 0.05) is 26.2 Å². The van der Waals surface area contributed by atoms with Crippen molar-refractivity contribution in [3.05, 3.63) is 24.0 Å². The molecule has 8 heteroatoms. The Kier molecular flexibility index (Phi) is 4.44. The van der Waals surface area contributed by atoms with Crippen LogP contribution >= 0.6 is 0 Å². The average molecular weight is 324 g/mol. The molecule has 0 bridgehead atoms. The van der Waals surface area contributed by atoms with Crippen LogP contribution in [-0.2, 0) is 14.8 Å². The van der Waals surface area contributed by atoms with Gasteiger partial charge in [-0.3, -0.25) is 4.90 Å². The van der Waals surface area contributed by atoms with Crippen LogP contribution in [0.1, 0.15) is 5.82 Å². The minimum absolute atomic E-state index is 0.255. The number of benzene rings is 1. The van der Waals surface area contributed by atoms with Crippen molar-refractivity contribution in [2.24, 2.45) is 0 Å². The predicted octanol–water partition coefficient (Wildman–Crippen LogP) is 0.482. The maximum atomic E-state index is 12.3. The van der Waals surface area contributed by atoms with E-state index in [4.69, 9.17) is 4.74 Å². The molecule has 1 fully saturated rings. The fourth-order valence-corrected chi connectivity index (χ4v) is 3.58. The second-order valence-electron chi connectivity index (χ2n) is 5.35. The molecule has 120 valence electrons. The van der Waals surface area contributed by atoms with E-state index < -0.39 is 10.0 Å². The van der Waals surface area contributed by atoms with Crippen molar-refractivity contribution in [2.45, 2.75) is 11.8 Å². The second-order valence-corrected chi connectivity index (χ2v) is 7.12. The summed E-state index contributed by atoms with van der Waals surface area (Å²) in [5.74, 6) is 0.768. The minimum Gasteiger partial charge on any atom is -0.379 e. The number of aryl methyl sites for hydroxylation is 1. The standard InChI is InChI=1S/C14H20N4O3S/c1-11-16-13-3-2-12(10-14(13)17-11)22(19,20)15-4-5-18-6-8-21-9-7-18/h2-3,10,15H,4-9H2,1H3,(H,16,17). The Bertz CT molecular complexity index is 751. The average Bonchev–Trinajstić information content (AvgIpc) is 2.87. The summed E-state index contributed by atoms with van der Waals surface area (Å²) in [7, 11) is -3.50. The van der Waals surface area contributed by atoms with E-state index >= 15 is 0 Å². The van der Waals surface area contributed by atoms with Gasteiger partial charge in [-0.1, -0.05) is 0 Å². The molecular formula is C14H20N4O3S. The van der Waals surface area contributed by atoms with E-state index in [2.05, 4.69) is 19.6 Å². The lowest BCUT2D eigenvalue weighted by atomic mass is 10.3. The predicted molar refractivity (Wildman–Crippen MR) is 83.3 cm³/mol. The third-order valence-corrected chi connectivity index (χ3v) is 5.16. The van der Waals surface area contributed by atoms with Crippen LogP contribution in [0.3, 0.4) is 0 Å². The zero-order chi connectivity index (χ0) is 15.6. The molecule has 1 aromatic heterocycles. The Balaban J connectivity index is 1.65. The first-order valence-corrected chi connectivity index (χ1v) is 8.79. The first kappa shape index (κ1) is 15.4. The van der Waals surface area contributed by atoms with E-state index in [9.17, 15) is 8.42 Å². The zero-order valence-corrected chi connectivity index (χ0v) is 13.3. The lowest BCUT2D eigenvalue weighted by molar-refractivity contribution is 0.0390. The summed E-state index contributed by atoms with van der Waals surface area (Å²) in [4.78, 5) is 9.77. The van der Waals surface area contributed by atoms with Crippen molar-refractivity contribution in [3.8, 4) is 0 Å². The molecule has 0 atom stereocenters. The van der Waals surface area contributed by atoms with Crippen LogP contribution < -0.4 is 4.72 Å². The molecule has 0 amide bonds. The monoisotopic (exact) mass is 324 g/mol. The SMILES string of the molecule is Cc1nc2ccc(S(=O)(=O)NCCN3CCOCC3)cc2[nH]1. The number of hydrogen-bond donors (Lipinski definition) is 2. The highest BCUT2D eigenvalue weighted by Crippen LogP contribution is 2.17. The number of nitrogens with zero attached hydrogens (tertiary/aromatic N) is 2. The number of aromatic amines is 1. The molecule has 3 rings (SSSR count). The number of sulfonamides is 1. The lowest BCUT2D eigenvalue weighted by Gasteiger charge is -2.26. The Morgan fingerprint density at radius 2 is 2.14 bits per heavy atom. The second kappa shape index (κ2) is 6.33. The van der Waals surface area contributed by atoms with Gasteiger partial charge in [0.25, 0.3) is 0 Å². The summed E-state index contributed by atoms with van der Waals surface area (Å²) in [5.41, 5.74) is 1.50. The smallest absolute Gasteiger partial charge is 0.240 e. The Labute approximate surface area is 129 Å². The van der Waals surface area contributed by atoms with Gasteiger partial charge in [0.15, 0.2) is 0 Å². The summed E-state index contributed by atoms with van der Waals surface area (Å²) >= 11 is 0. The van der Waals surface area contributed by atoms with Gasteiger partial charge in [0.05, 0.1) is 29.1 Å². The van der Waals surface area contributed by atoms with Crippen LogP contribution in [0.25, 0.3) is 11.0 Å². The molecule has 1 aromatic carbocycles.